The summed E-state index contributed by atoms with van der Waals surface area (Å²) in [5.41, 5.74) is 0. The van der Waals surface area contributed by atoms with Gasteiger partial charge in [0.25, 0.3) is 0 Å². The largest absolute Gasteiger partial charge is 0.472 e. The third-order valence-corrected chi connectivity index (χ3v) is 21.3. The monoisotopic (exact) mass is 1480 g/mol. The summed E-state index contributed by atoms with van der Waals surface area (Å²) in [6, 6.07) is 0. The molecular weight excluding hydrogens is 1320 g/mol. The van der Waals surface area contributed by atoms with Crippen LogP contribution in [0, 0.1) is 23.7 Å². The van der Waals surface area contributed by atoms with Crippen molar-refractivity contribution in [1.82, 2.24) is 0 Å². The van der Waals surface area contributed by atoms with Gasteiger partial charge >= 0.3 is 39.5 Å². The molecule has 0 saturated carbocycles. The Morgan fingerprint density at radius 2 is 0.475 bits per heavy atom. The first kappa shape index (κ1) is 99.1. The van der Waals surface area contributed by atoms with E-state index < -0.39 is 97.5 Å². The molecule has 17 nitrogen and oxygen atoms in total. The standard InChI is InChI=1S/C82H160O17P2/c1-9-75(8)61-53-45-37-28-24-20-16-12-10-11-13-17-21-25-29-39-48-56-64-81(86)98-77(68-92-79(84)62-54-46-38-32-31-35-43-51-59-73(4)5)70-96-100(88,89)94-66-76(83)67-95-101(90,91)97-71-78(69-93-80(85)63-55-47-41-33-36-44-52-60-74(6)7)99-82(87)65-57-49-40-30-26-22-18-14-15-19-23-27-34-42-50-58-72(2)3/h72-78,83H,9-71H2,1-8H3,(H,88,89)(H,90,91)/t75?,76?,77-,78-/m1/s1. The number of carbonyl (C=O) groups excluding carboxylic acids is 4. The predicted molar refractivity (Wildman–Crippen MR) is 414 cm³/mol. The summed E-state index contributed by atoms with van der Waals surface area (Å²) in [5.74, 6) is 0.989. The highest BCUT2D eigenvalue weighted by molar-refractivity contribution is 7.47. The molecule has 0 heterocycles. The second-order valence-electron chi connectivity index (χ2n) is 31.2. The molecule has 0 rings (SSSR count). The van der Waals surface area contributed by atoms with Crippen molar-refractivity contribution in [2.24, 2.45) is 23.7 Å². The Labute approximate surface area is 619 Å². The summed E-state index contributed by atoms with van der Waals surface area (Å²) in [4.78, 5) is 73.0. The first-order valence-electron chi connectivity index (χ1n) is 42.2. The molecule has 3 N–H and O–H groups in total. The van der Waals surface area contributed by atoms with Crippen molar-refractivity contribution >= 4 is 39.5 Å². The number of rotatable bonds is 79. The molecule has 4 unspecified atom stereocenters. The molecule has 0 radical (unpaired) electrons. The zero-order valence-electron chi connectivity index (χ0n) is 66.5. The smallest absolute Gasteiger partial charge is 0.462 e. The van der Waals surface area contributed by atoms with E-state index in [-0.39, 0.29) is 25.7 Å². The third-order valence-electron chi connectivity index (χ3n) is 19.4. The van der Waals surface area contributed by atoms with Crippen molar-refractivity contribution in [3.05, 3.63) is 0 Å². The van der Waals surface area contributed by atoms with Gasteiger partial charge in [-0.15, -0.1) is 0 Å². The second-order valence-corrected chi connectivity index (χ2v) is 34.1. The molecule has 0 bridgehead atoms. The van der Waals surface area contributed by atoms with Gasteiger partial charge in [-0.3, -0.25) is 37.3 Å². The first-order chi connectivity index (χ1) is 48.6. The number of hydrogen-bond donors (Lipinski definition) is 3. The zero-order chi connectivity index (χ0) is 74.6. The minimum Gasteiger partial charge on any atom is -0.462 e. The number of esters is 4. The highest BCUT2D eigenvalue weighted by Crippen LogP contribution is 2.45. The van der Waals surface area contributed by atoms with E-state index in [0.29, 0.717) is 31.6 Å². The summed E-state index contributed by atoms with van der Waals surface area (Å²) in [6.07, 6.45) is 58.5. The van der Waals surface area contributed by atoms with Crippen LogP contribution in [0.1, 0.15) is 421 Å². The lowest BCUT2D eigenvalue weighted by molar-refractivity contribution is -0.161. The van der Waals surface area contributed by atoms with Gasteiger partial charge in [0, 0.05) is 25.7 Å². The summed E-state index contributed by atoms with van der Waals surface area (Å²) in [7, 11) is -9.92. The molecule has 6 atom stereocenters. The second kappa shape index (κ2) is 71.0. The lowest BCUT2D eigenvalue weighted by Gasteiger charge is -2.21. The van der Waals surface area contributed by atoms with Crippen LogP contribution in [0.15, 0.2) is 0 Å². The molecule has 0 spiro atoms. The number of hydrogen-bond acceptors (Lipinski definition) is 15. The van der Waals surface area contributed by atoms with Gasteiger partial charge in [0.1, 0.15) is 19.3 Å². The van der Waals surface area contributed by atoms with Crippen LogP contribution in [0.25, 0.3) is 0 Å². The van der Waals surface area contributed by atoms with Crippen molar-refractivity contribution in [1.29, 1.82) is 0 Å². The molecule has 101 heavy (non-hydrogen) atoms. The number of aliphatic hydroxyl groups excluding tert-OH is 1. The molecule has 0 fully saturated rings. The molecule has 19 heteroatoms. The van der Waals surface area contributed by atoms with E-state index in [1.54, 1.807) is 0 Å². The van der Waals surface area contributed by atoms with E-state index >= 15 is 0 Å². The van der Waals surface area contributed by atoms with Crippen LogP contribution in [0.4, 0.5) is 0 Å². The highest BCUT2D eigenvalue weighted by atomic mass is 31.2. The summed E-state index contributed by atoms with van der Waals surface area (Å²) < 4.78 is 68.7. The Kier molecular flexibility index (Phi) is 69.6. The Morgan fingerprint density at radius 3 is 0.703 bits per heavy atom. The average Bonchev–Trinajstić information content (AvgIpc) is 1.15. The van der Waals surface area contributed by atoms with Gasteiger partial charge in [-0.1, -0.05) is 370 Å². The Balaban J connectivity index is 5.17. The molecule has 0 saturated heterocycles. The van der Waals surface area contributed by atoms with Crippen molar-refractivity contribution in [3.8, 4) is 0 Å². The molecule has 0 aliphatic carbocycles. The van der Waals surface area contributed by atoms with E-state index in [0.717, 1.165) is 114 Å². The maximum absolute atomic E-state index is 13.1. The fourth-order valence-electron chi connectivity index (χ4n) is 12.6. The summed E-state index contributed by atoms with van der Waals surface area (Å²) >= 11 is 0. The zero-order valence-corrected chi connectivity index (χ0v) is 68.3. The third kappa shape index (κ3) is 74.7. The molecule has 0 aromatic rings. The molecule has 0 aliphatic heterocycles. The number of phosphoric ester groups is 2. The number of carbonyl (C=O) groups is 4. The van der Waals surface area contributed by atoms with Crippen molar-refractivity contribution in [3.63, 3.8) is 0 Å². The Hall–Kier alpha value is -1.94. The lowest BCUT2D eigenvalue weighted by atomic mass is 9.99. The van der Waals surface area contributed by atoms with E-state index in [4.69, 9.17) is 37.0 Å². The molecule has 0 aliphatic rings. The molecule has 0 aromatic heterocycles. The average molecular weight is 1480 g/mol. The Bertz CT molecular complexity index is 1970. The van der Waals surface area contributed by atoms with Gasteiger partial charge in [-0.25, -0.2) is 9.13 Å². The van der Waals surface area contributed by atoms with E-state index in [9.17, 15) is 43.2 Å². The number of phosphoric acid groups is 2. The molecular formula is C82H160O17P2. The summed E-state index contributed by atoms with van der Waals surface area (Å²) in [5, 5.41) is 10.6. The maximum atomic E-state index is 13.1. The number of ether oxygens (including phenoxy) is 4. The highest BCUT2D eigenvalue weighted by Gasteiger charge is 2.30. The van der Waals surface area contributed by atoms with Crippen LogP contribution < -0.4 is 0 Å². The molecule has 600 valence electrons. The van der Waals surface area contributed by atoms with Crippen LogP contribution in [0.5, 0.6) is 0 Å². The fourth-order valence-corrected chi connectivity index (χ4v) is 14.2. The number of aliphatic hydroxyl groups is 1. The topological polar surface area (TPSA) is 237 Å². The van der Waals surface area contributed by atoms with Gasteiger partial charge < -0.3 is 33.8 Å². The van der Waals surface area contributed by atoms with Crippen LogP contribution >= 0.6 is 15.6 Å². The van der Waals surface area contributed by atoms with E-state index in [1.807, 2.05) is 0 Å². The van der Waals surface area contributed by atoms with E-state index in [2.05, 4.69) is 55.4 Å². The van der Waals surface area contributed by atoms with Crippen molar-refractivity contribution in [2.75, 3.05) is 39.6 Å². The molecule has 0 amide bonds. The minimum absolute atomic E-state index is 0.107. The van der Waals surface area contributed by atoms with Crippen LogP contribution in [0.3, 0.4) is 0 Å². The van der Waals surface area contributed by atoms with Gasteiger partial charge in [0.15, 0.2) is 12.2 Å². The fraction of sp³-hybridized carbons (Fsp3) is 0.951. The SMILES string of the molecule is CCC(C)CCCCCCCCCCCCCCCCCCCCC(=O)O[C@H](COC(=O)CCCCCCCCCCC(C)C)COP(=O)(O)OCC(O)COP(=O)(O)OC[C@@H](COC(=O)CCCCCCCCCC(C)C)OC(=O)CCCCCCCCCCCCCCCCCC(C)C. The normalized spacial score (nSPS) is 14.3. The van der Waals surface area contributed by atoms with Crippen molar-refractivity contribution in [2.45, 2.75) is 440 Å². The minimum atomic E-state index is -4.96. The van der Waals surface area contributed by atoms with Crippen LogP contribution in [0.2, 0.25) is 0 Å². The van der Waals surface area contributed by atoms with Crippen LogP contribution in [-0.2, 0) is 65.4 Å². The predicted octanol–water partition coefficient (Wildman–Crippen LogP) is 24.4. The van der Waals surface area contributed by atoms with Crippen LogP contribution in [-0.4, -0.2) is 96.7 Å². The maximum Gasteiger partial charge on any atom is 0.472 e. The van der Waals surface area contributed by atoms with Gasteiger partial charge in [-0.05, 0) is 49.4 Å². The van der Waals surface area contributed by atoms with Crippen molar-refractivity contribution < 1.29 is 80.2 Å². The quantitative estimate of drug-likeness (QED) is 0.0222. The molecule has 0 aromatic carbocycles. The number of unbranched alkanes of at least 4 members (excludes halogenated alkanes) is 44. The first-order valence-corrected chi connectivity index (χ1v) is 45.2. The lowest BCUT2D eigenvalue weighted by Crippen LogP contribution is -2.30. The summed E-state index contributed by atoms with van der Waals surface area (Å²) in [6.45, 7) is 14.2. The van der Waals surface area contributed by atoms with Gasteiger partial charge in [0.2, 0.25) is 0 Å². The van der Waals surface area contributed by atoms with Gasteiger partial charge in [0.05, 0.1) is 26.4 Å². The Morgan fingerprint density at radius 1 is 0.277 bits per heavy atom. The van der Waals surface area contributed by atoms with Gasteiger partial charge in [-0.2, -0.15) is 0 Å². The van der Waals surface area contributed by atoms with E-state index in [1.165, 1.54) is 218 Å².